The number of methoxy groups -OCH3 is 1. The largest absolute Gasteiger partial charge is 0.496 e. The minimum Gasteiger partial charge on any atom is -0.496 e. The van der Waals surface area contributed by atoms with E-state index in [9.17, 15) is 0 Å². The van der Waals surface area contributed by atoms with Crippen molar-refractivity contribution in [2.45, 2.75) is 31.2 Å². The van der Waals surface area contributed by atoms with Gasteiger partial charge in [0.05, 0.1) is 12.6 Å². The van der Waals surface area contributed by atoms with Crippen LogP contribution in [0.1, 0.15) is 36.1 Å². The molecule has 20 heavy (non-hydrogen) atoms. The van der Waals surface area contributed by atoms with Crippen LogP contribution in [0.25, 0.3) is 0 Å². The van der Waals surface area contributed by atoms with E-state index in [1.165, 1.54) is 5.56 Å². The summed E-state index contributed by atoms with van der Waals surface area (Å²) in [7, 11) is 1.69. The molecule has 0 fully saturated rings. The smallest absolute Gasteiger partial charge is 0.123 e. The standard InChI is InChI=1S/C17H20N2O/c1-17(18,13-7-3-4-8-15(13)20-2)14-10-9-12-6-5-11-19-16(12)14/h3-8,11,14H,9-10,18H2,1-2H3. The minimum atomic E-state index is -0.480. The van der Waals surface area contributed by atoms with Gasteiger partial charge in [0.2, 0.25) is 0 Å². The van der Waals surface area contributed by atoms with Gasteiger partial charge in [0, 0.05) is 23.4 Å². The molecular formula is C17H20N2O. The molecule has 104 valence electrons. The molecule has 2 atom stereocenters. The molecule has 0 spiro atoms. The maximum absolute atomic E-state index is 6.71. The predicted molar refractivity (Wildman–Crippen MR) is 79.8 cm³/mol. The van der Waals surface area contributed by atoms with Crippen LogP contribution in [0, 0.1) is 0 Å². The Bertz CT molecular complexity index is 622. The number of rotatable bonds is 3. The van der Waals surface area contributed by atoms with Gasteiger partial charge in [-0.05, 0) is 37.5 Å². The third-order valence-electron chi connectivity index (χ3n) is 4.37. The van der Waals surface area contributed by atoms with Gasteiger partial charge in [-0.2, -0.15) is 0 Å². The van der Waals surface area contributed by atoms with Gasteiger partial charge in [0.25, 0.3) is 0 Å². The van der Waals surface area contributed by atoms with Gasteiger partial charge in [-0.3, -0.25) is 4.98 Å². The Labute approximate surface area is 119 Å². The van der Waals surface area contributed by atoms with E-state index in [4.69, 9.17) is 10.5 Å². The topological polar surface area (TPSA) is 48.1 Å². The van der Waals surface area contributed by atoms with Crippen molar-refractivity contribution in [3.05, 3.63) is 59.4 Å². The van der Waals surface area contributed by atoms with E-state index in [0.29, 0.717) is 0 Å². The molecule has 1 aromatic heterocycles. The van der Waals surface area contributed by atoms with Gasteiger partial charge in [-0.15, -0.1) is 0 Å². The molecule has 1 heterocycles. The number of ether oxygens (including phenoxy) is 1. The lowest BCUT2D eigenvalue weighted by Crippen LogP contribution is -2.39. The van der Waals surface area contributed by atoms with Crippen LogP contribution < -0.4 is 10.5 Å². The second-order valence-electron chi connectivity index (χ2n) is 5.62. The first-order valence-corrected chi connectivity index (χ1v) is 7.00. The Kier molecular flexibility index (Phi) is 3.22. The van der Waals surface area contributed by atoms with Gasteiger partial charge in [0.1, 0.15) is 5.75 Å². The van der Waals surface area contributed by atoms with Crippen molar-refractivity contribution in [3.8, 4) is 5.75 Å². The molecule has 2 N–H and O–H groups in total. The van der Waals surface area contributed by atoms with Crippen molar-refractivity contribution in [2.24, 2.45) is 5.73 Å². The highest BCUT2D eigenvalue weighted by Gasteiger charge is 2.39. The molecule has 3 nitrogen and oxygen atoms in total. The number of nitrogens with two attached hydrogens (primary N) is 1. The lowest BCUT2D eigenvalue weighted by atomic mass is 9.78. The number of benzene rings is 1. The summed E-state index contributed by atoms with van der Waals surface area (Å²) >= 11 is 0. The molecule has 0 aliphatic heterocycles. The van der Waals surface area contributed by atoms with Crippen molar-refractivity contribution < 1.29 is 4.74 Å². The highest BCUT2D eigenvalue weighted by atomic mass is 16.5. The Morgan fingerprint density at radius 3 is 2.85 bits per heavy atom. The number of aryl methyl sites for hydroxylation is 1. The maximum atomic E-state index is 6.71. The lowest BCUT2D eigenvalue weighted by Gasteiger charge is -2.33. The van der Waals surface area contributed by atoms with Crippen molar-refractivity contribution in [2.75, 3.05) is 7.11 Å². The first kappa shape index (κ1) is 13.1. The summed E-state index contributed by atoms with van der Waals surface area (Å²) < 4.78 is 5.48. The van der Waals surface area contributed by atoms with E-state index in [0.717, 1.165) is 29.8 Å². The number of pyridine rings is 1. The second-order valence-corrected chi connectivity index (χ2v) is 5.62. The number of nitrogens with zero attached hydrogens (tertiary/aromatic N) is 1. The van der Waals surface area contributed by atoms with E-state index in [-0.39, 0.29) is 5.92 Å². The Morgan fingerprint density at radius 1 is 1.25 bits per heavy atom. The number of aromatic nitrogens is 1. The number of para-hydroxylation sites is 1. The number of hydrogen-bond donors (Lipinski definition) is 1. The van der Waals surface area contributed by atoms with Crippen LogP contribution in [0.3, 0.4) is 0 Å². The highest BCUT2D eigenvalue weighted by Crippen LogP contribution is 2.45. The van der Waals surface area contributed by atoms with E-state index >= 15 is 0 Å². The van der Waals surface area contributed by atoms with E-state index in [1.807, 2.05) is 30.5 Å². The average Bonchev–Trinajstić information content (AvgIpc) is 2.92. The second kappa shape index (κ2) is 4.91. The molecule has 1 aliphatic carbocycles. The molecular weight excluding hydrogens is 248 g/mol. The first-order valence-electron chi connectivity index (χ1n) is 7.00. The van der Waals surface area contributed by atoms with Crippen LogP contribution in [0.2, 0.25) is 0 Å². The molecule has 0 saturated heterocycles. The fourth-order valence-corrected chi connectivity index (χ4v) is 3.27. The van der Waals surface area contributed by atoms with Gasteiger partial charge in [-0.25, -0.2) is 0 Å². The molecule has 3 heteroatoms. The average molecular weight is 268 g/mol. The molecule has 1 aliphatic rings. The molecule has 0 saturated carbocycles. The van der Waals surface area contributed by atoms with E-state index < -0.39 is 5.54 Å². The van der Waals surface area contributed by atoms with Crippen LogP contribution in [0.5, 0.6) is 5.75 Å². The zero-order valence-corrected chi connectivity index (χ0v) is 12.0. The molecule has 1 aromatic carbocycles. The van der Waals surface area contributed by atoms with Crippen molar-refractivity contribution in [3.63, 3.8) is 0 Å². The summed E-state index contributed by atoms with van der Waals surface area (Å²) in [5.41, 5.74) is 9.75. The van der Waals surface area contributed by atoms with Gasteiger partial charge in [-0.1, -0.05) is 24.3 Å². The van der Waals surface area contributed by atoms with Crippen LogP contribution in [-0.2, 0) is 12.0 Å². The van der Waals surface area contributed by atoms with Crippen molar-refractivity contribution in [1.82, 2.24) is 4.98 Å². The summed E-state index contributed by atoms with van der Waals surface area (Å²) in [5.74, 6) is 1.08. The maximum Gasteiger partial charge on any atom is 0.123 e. The van der Waals surface area contributed by atoms with Crippen LogP contribution >= 0.6 is 0 Å². The van der Waals surface area contributed by atoms with Gasteiger partial charge < -0.3 is 10.5 Å². The van der Waals surface area contributed by atoms with Crippen LogP contribution in [-0.4, -0.2) is 12.1 Å². The summed E-state index contributed by atoms with van der Waals surface area (Å²) in [6.07, 6.45) is 3.95. The van der Waals surface area contributed by atoms with Crippen molar-refractivity contribution >= 4 is 0 Å². The molecule has 0 radical (unpaired) electrons. The lowest BCUT2D eigenvalue weighted by molar-refractivity contribution is 0.347. The van der Waals surface area contributed by atoms with Crippen LogP contribution in [0.15, 0.2) is 42.6 Å². The summed E-state index contributed by atoms with van der Waals surface area (Å²) in [4.78, 5) is 4.57. The molecule has 2 aromatic rings. The molecule has 0 amide bonds. The van der Waals surface area contributed by atoms with Gasteiger partial charge in [0.15, 0.2) is 0 Å². The number of hydrogen-bond acceptors (Lipinski definition) is 3. The number of fused-ring (bicyclic) bond motifs is 1. The summed E-state index contributed by atoms with van der Waals surface area (Å²) in [5, 5.41) is 0. The van der Waals surface area contributed by atoms with Gasteiger partial charge >= 0.3 is 0 Å². The SMILES string of the molecule is COc1ccccc1C(C)(N)C1CCc2cccnc21. The zero-order chi connectivity index (χ0) is 14.2. The fourth-order valence-electron chi connectivity index (χ4n) is 3.27. The molecule has 2 unspecified atom stereocenters. The first-order chi connectivity index (χ1) is 9.64. The van der Waals surface area contributed by atoms with E-state index in [2.05, 4.69) is 24.0 Å². The highest BCUT2D eigenvalue weighted by molar-refractivity contribution is 5.43. The van der Waals surface area contributed by atoms with Crippen LogP contribution in [0.4, 0.5) is 0 Å². The summed E-state index contributed by atoms with van der Waals surface area (Å²) in [6, 6.07) is 12.2. The molecule has 0 bridgehead atoms. The monoisotopic (exact) mass is 268 g/mol. The third kappa shape index (κ3) is 1.98. The van der Waals surface area contributed by atoms with E-state index in [1.54, 1.807) is 7.11 Å². The Morgan fingerprint density at radius 2 is 2.05 bits per heavy atom. The Balaban J connectivity index is 2.05. The third-order valence-corrected chi connectivity index (χ3v) is 4.37. The predicted octanol–water partition coefficient (Wildman–Crippen LogP) is 2.99. The minimum absolute atomic E-state index is 0.231. The Hall–Kier alpha value is -1.87. The fraction of sp³-hybridized carbons (Fsp3) is 0.353. The normalized spacial score (nSPS) is 20.2. The summed E-state index contributed by atoms with van der Waals surface area (Å²) in [6.45, 7) is 2.08. The quantitative estimate of drug-likeness (QED) is 0.931. The molecule has 3 rings (SSSR count). The zero-order valence-electron chi connectivity index (χ0n) is 12.0. The van der Waals surface area contributed by atoms with Crippen molar-refractivity contribution in [1.29, 1.82) is 0 Å².